The van der Waals surface area contributed by atoms with Crippen LogP contribution in [0.1, 0.15) is 304 Å². The highest BCUT2D eigenvalue weighted by molar-refractivity contribution is 4.67. The molecule has 0 rings (SSSR count). The predicted molar refractivity (Wildman–Crippen MR) is 295 cm³/mol. The van der Waals surface area contributed by atoms with Gasteiger partial charge in [-0.2, -0.15) is 0 Å². The fourth-order valence-electron chi connectivity index (χ4n) is 5.58. The minimum Gasteiger partial charge on any atom is -0.376 e. The summed E-state index contributed by atoms with van der Waals surface area (Å²) in [5.41, 5.74) is 2.45. The Hall–Kier alpha value is -0.200. The summed E-state index contributed by atoms with van der Waals surface area (Å²) in [4.78, 5) is 0. The highest BCUT2D eigenvalue weighted by Gasteiger charge is 2.16. The van der Waals surface area contributed by atoms with Crippen LogP contribution in [0.15, 0.2) is 0 Å². The zero-order valence-electron chi connectivity index (χ0n) is 51.2. The van der Waals surface area contributed by atoms with Gasteiger partial charge in [0.1, 0.15) is 0 Å². The molecule has 0 fully saturated rings. The molecule has 0 aliphatic heterocycles. The summed E-state index contributed by atoms with van der Waals surface area (Å²) in [6, 6.07) is 0. The maximum Gasteiger partial charge on any atom is 0.0598 e. The summed E-state index contributed by atoms with van der Waals surface area (Å²) in [5.74, 6) is 0. The first-order valence-electron chi connectivity index (χ1n) is 26.7. The van der Waals surface area contributed by atoms with E-state index in [2.05, 4.69) is 208 Å². The lowest BCUT2D eigenvalue weighted by atomic mass is 9.89. The van der Waals surface area contributed by atoms with Crippen LogP contribution in [-0.2, 0) is 23.7 Å². The molecule has 5 nitrogen and oxygen atoms in total. The Bertz CT molecular complexity index is 938. The van der Waals surface area contributed by atoms with Crippen molar-refractivity contribution in [3.8, 4) is 0 Å². The molecule has 0 saturated carbocycles. The Kier molecular flexibility index (Phi) is 39.7. The van der Waals surface area contributed by atoms with Crippen LogP contribution in [0.25, 0.3) is 0 Å². The fourth-order valence-corrected chi connectivity index (χ4v) is 5.58. The van der Waals surface area contributed by atoms with Crippen LogP contribution in [0.5, 0.6) is 0 Å². The van der Waals surface area contributed by atoms with Crippen LogP contribution in [0.3, 0.4) is 0 Å². The summed E-state index contributed by atoms with van der Waals surface area (Å²) in [7, 11) is 0. The van der Waals surface area contributed by atoms with Crippen molar-refractivity contribution in [2.45, 2.75) is 332 Å². The first-order valence-corrected chi connectivity index (χ1v) is 26.7. The normalized spacial score (nSPS) is 13.4. The molecule has 0 heterocycles. The van der Waals surface area contributed by atoms with Gasteiger partial charge in [-0.15, -0.1) is 0 Å². The summed E-state index contributed by atoms with van der Waals surface area (Å²) >= 11 is 0. The van der Waals surface area contributed by atoms with E-state index in [1.807, 2.05) is 0 Å². The van der Waals surface area contributed by atoms with Crippen LogP contribution in [0, 0.1) is 27.1 Å². The van der Waals surface area contributed by atoms with Gasteiger partial charge in [-0.05, 0) is 189 Å². The van der Waals surface area contributed by atoms with E-state index in [-0.39, 0.29) is 28.0 Å². The minimum absolute atomic E-state index is 0.0191. The Morgan fingerprint density at radius 3 is 0.585 bits per heavy atom. The molecule has 0 aliphatic carbocycles. The molecule has 0 aliphatic rings. The van der Waals surface area contributed by atoms with E-state index in [1.165, 1.54) is 89.9 Å². The molecule has 0 aromatic heterocycles. The monoisotopic (exact) mass is 931 g/mol. The molecule has 400 valence electrons. The molecule has 0 N–H and O–H groups in total. The number of rotatable bonds is 20. The lowest BCUT2D eigenvalue weighted by Gasteiger charge is -2.23. The van der Waals surface area contributed by atoms with Gasteiger partial charge in [0.25, 0.3) is 0 Å². The molecule has 0 amide bonds. The Morgan fingerprint density at radius 1 is 0.169 bits per heavy atom. The second-order valence-corrected chi connectivity index (χ2v) is 29.9. The third kappa shape index (κ3) is 98.3. The highest BCUT2D eigenvalue weighted by Crippen LogP contribution is 2.25. The van der Waals surface area contributed by atoms with Gasteiger partial charge in [-0.25, -0.2) is 0 Å². The third-order valence-electron chi connectivity index (χ3n) is 9.31. The minimum atomic E-state index is 0.0191. The number of unbranched alkanes of at least 4 members (excludes halogenated alkanes) is 6. The van der Waals surface area contributed by atoms with Crippen molar-refractivity contribution in [1.29, 1.82) is 0 Å². The van der Waals surface area contributed by atoms with Gasteiger partial charge in [-0.3, -0.25) is 0 Å². The topological polar surface area (TPSA) is 46.2 Å². The summed E-state index contributed by atoms with van der Waals surface area (Å²) in [6.45, 7) is 70.3. The van der Waals surface area contributed by atoms with Gasteiger partial charge in [0.2, 0.25) is 0 Å². The average molecular weight is 932 g/mol. The van der Waals surface area contributed by atoms with Crippen LogP contribution in [0.2, 0.25) is 0 Å². The van der Waals surface area contributed by atoms with Gasteiger partial charge in [0, 0.05) is 33.0 Å². The standard InChI is InChI=1S/C14H30O.C13H28O.C12H26O.C11H24O.C10H22O/c1-13(2,3)11-9-7-8-10-12-15-14(4,5)6;1-12(2,3)10-8-7-9-11-14-13(4,5)6;1-11(2,3)9-7-8-10-13-12(4,5)6;1-10(2,3)8-7-9-12-11(4,5)6;1-9(2,3)7-8-11-10(4,5)6/h7-12H2,1-6H3;7-11H2,1-6H3;7-10H2,1-6H3;7-9H2,1-6H3;7-8H2,1-6H3. The van der Waals surface area contributed by atoms with Crippen LogP contribution in [0.4, 0.5) is 0 Å². The molecule has 0 aromatic rings. The van der Waals surface area contributed by atoms with Crippen molar-refractivity contribution in [2.24, 2.45) is 27.1 Å². The van der Waals surface area contributed by atoms with Gasteiger partial charge in [0.15, 0.2) is 0 Å². The fraction of sp³-hybridized carbons (Fsp3) is 1.00. The van der Waals surface area contributed by atoms with Crippen LogP contribution in [-0.4, -0.2) is 61.0 Å². The number of ether oxygens (including phenoxy) is 5. The quantitative estimate of drug-likeness (QED) is 0.114. The number of hydrogen-bond acceptors (Lipinski definition) is 5. The van der Waals surface area contributed by atoms with E-state index in [1.54, 1.807) is 0 Å². The molecule has 0 radical (unpaired) electrons. The molecule has 0 spiro atoms. The molecule has 0 aromatic carbocycles. The first-order chi connectivity index (χ1) is 28.5. The van der Waals surface area contributed by atoms with Crippen molar-refractivity contribution in [3.63, 3.8) is 0 Å². The SMILES string of the molecule is CC(C)(C)CCCCCCOC(C)(C)C.CC(C)(C)CCCCCOC(C)(C)C.CC(C)(C)CCCCOC(C)(C)C.CC(C)(C)CCCOC(C)(C)C.CC(C)(C)CCOC(C)(C)C. The zero-order chi connectivity index (χ0) is 52.7. The van der Waals surface area contributed by atoms with Gasteiger partial charge in [-0.1, -0.05) is 142 Å². The van der Waals surface area contributed by atoms with Crippen molar-refractivity contribution in [1.82, 2.24) is 0 Å². The van der Waals surface area contributed by atoms with Crippen LogP contribution < -0.4 is 0 Å². The lowest BCUT2D eigenvalue weighted by molar-refractivity contribution is -0.0140. The second-order valence-electron chi connectivity index (χ2n) is 29.9. The van der Waals surface area contributed by atoms with Crippen molar-refractivity contribution < 1.29 is 23.7 Å². The molecule has 5 heteroatoms. The van der Waals surface area contributed by atoms with Crippen molar-refractivity contribution in [3.05, 3.63) is 0 Å². The van der Waals surface area contributed by atoms with Crippen LogP contribution >= 0.6 is 0 Å². The Labute approximate surface area is 414 Å². The molecule has 65 heavy (non-hydrogen) atoms. The largest absolute Gasteiger partial charge is 0.376 e. The molecule has 0 bridgehead atoms. The highest BCUT2D eigenvalue weighted by atomic mass is 16.5. The molecular formula is C60H130O5. The third-order valence-corrected chi connectivity index (χ3v) is 9.31. The van der Waals surface area contributed by atoms with E-state index >= 15 is 0 Å². The predicted octanol–water partition coefficient (Wildman–Crippen LogP) is 20.1. The zero-order valence-corrected chi connectivity index (χ0v) is 51.2. The van der Waals surface area contributed by atoms with E-state index < -0.39 is 0 Å². The van der Waals surface area contributed by atoms with E-state index in [0.717, 1.165) is 39.5 Å². The maximum atomic E-state index is 5.68. The van der Waals surface area contributed by atoms with E-state index in [4.69, 9.17) is 23.7 Å². The van der Waals surface area contributed by atoms with Gasteiger partial charge < -0.3 is 23.7 Å². The Morgan fingerprint density at radius 2 is 0.338 bits per heavy atom. The van der Waals surface area contributed by atoms with Crippen molar-refractivity contribution >= 4 is 0 Å². The van der Waals surface area contributed by atoms with Gasteiger partial charge >= 0.3 is 0 Å². The summed E-state index contributed by atoms with van der Waals surface area (Å²) < 4.78 is 28.2. The smallest absolute Gasteiger partial charge is 0.0598 e. The number of hydrogen-bond donors (Lipinski definition) is 0. The van der Waals surface area contributed by atoms with Gasteiger partial charge in [0.05, 0.1) is 28.0 Å². The summed E-state index contributed by atoms with van der Waals surface area (Å²) in [5, 5.41) is 0. The van der Waals surface area contributed by atoms with E-state index in [0.29, 0.717) is 27.1 Å². The lowest BCUT2D eigenvalue weighted by Crippen LogP contribution is -2.22. The second kappa shape index (κ2) is 35.0. The van der Waals surface area contributed by atoms with E-state index in [9.17, 15) is 0 Å². The average Bonchev–Trinajstić information content (AvgIpc) is 3.00. The Balaban J connectivity index is -0.000000232. The summed E-state index contributed by atoms with van der Waals surface area (Å²) in [6.07, 6.45) is 19.0. The maximum absolute atomic E-state index is 5.68. The first kappa shape index (κ1) is 73.8. The van der Waals surface area contributed by atoms with Crippen molar-refractivity contribution in [2.75, 3.05) is 33.0 Å². The molecule has 0 saturated heterocycles. The molecule has 0 unspecified atom stereocenters. The molecule has 0 atom stereocenters. The molecular weight excluding hydrogens is 801 g/mol.